The number of nitrogens with zero attached hydrogens (tertiary/aromatic N) is 3. The van der Waals surface area contributed by atoms with Crippen molar-refractivity contribution < 1.29 is 9.90 Å². The van der Waals surface area contributed by atoms with E-state index in [0.29, 0.717) is 11.3 Å². The lowest BCUT2D eigenvalue weighted by Crippen LogP contribution is -2.11. The van der Waals surface area contributed by atoms with Gasteiger partial charge in [0.1, 0.15) is 10.8 Å². The second kappa shape index (κ2) is 5.29. The van der Waals surface area contributed by atoms with Gasteiger partial charge in [-0.1, -0.05) is 0 Å². The molecule has 2 aromatic rings. The lowest BCUT2D eigenvalue weighted by atomic mass is 10.1. The number of H-pyrrole nitrogens is 1. The Morgan fingerprint density at radius 3 is 2.70 bits per heavy atom. The number of carboxylic acid groups (broad SMARTS) is 1. The Kier molecular flexibility index (Phi) is 3.70. The molecule has 0 amide bonds. The summed E-state index contributed by atoms with van der Waals surface area (Å²) in [5.41, 5.74) is 6.12. The standard InChI is InChI=1S/C11H11N5O3S/c1-4-5(2)15-16-9(8(4)10(18)19)20-11-13-6(12)3-7(17)14-11/h3H,1-2H3,(H,18,19)(H3,12,13,14,17). The van der Waals surface area contributed by atoms with E-state index < -0.39 is 11.5 Å². The van der Waals surface area contributed by atoms with E-state index in [0.717, 1.165) is 17.8 Å². The minimum Gasteiger partial charge on any atom is -0.478 e. The molecule has 0 aliphatic carbocycles. The number of aromatic amines is 1. The van der Waals surface area contributed by atoms with Gasteiger partial charge in [-0.25, -0.2) is 9.78 Å². The molecule has 8 nitrogen and oxygen atoms in total. The number of aromatic carboxylic acids is 1. The number of rotatable bonds is 3. The number of carboxylic acids is 1. The predicted molar refractivity (Wildman–Crippen MR) is 71.9 cm³/mol. The number of carbonyl (C=O) groups is 1. The highest BCUT2D eigenvalue weighted by Gasteiger charge is 2.19. The van der Waals surface area contributed by atoms with E-state index in [1.807, 2.05) is 0 Å². The largest absolute Gasteiger partial charge is 0.478 e. The van der Waals surface area contributed by atoms with Crippen molar-refractivity contribution >= 4 is 23.5 Å². The van der Waals surface area contributed by atoms with Gasteiger partial charge in [0.15, 0.2) is 5.16 Å². The predicted octanol–water partition coefficient (Wildman–Crippen LogP) is 0.608. The summed E-state index contributed by atoms with van der Waals surface area (Å²) in [5.74, 6) is -1.07. The zero-order valence-electron chi connectivity index (χ0n) is 10.7. The average molecular weight is 293 g/mol. The Balaban J connectivity index is 2.51. The fourth-order valence-electron chi connectivity index (χ4n) is 1.50. The van der Waals surface area contributed by atoms with Crippen LogP contribution >= 0.6 is 11.8 Å². The summed E-state index contributed by atoms with van der Waals surface area (Å²) in [6, 6.07) is 1.13. The van der Waals surface area contributed by atoms with Crippen LogP contribution in [0, 0.1) is 13.8 Å². The fraction of sp³-hybridized carbons (Fsp3) is 0.182. The molecule has 2 heterocycles. The number of nitrogens with two attached hydrogens (primary N) is 1. The molecular weight excluding hydrogens is 282 g/mol. The number of aryl methyl sites for hydroxylation is 1. The zero-order valence-corrected chi connectivity index (χ0v) is 11.5. The van der Waals surface area contributed by atoms with Crippen LogP contribution in [-0.4, -0.2) is 31.2 Å². The molecular formula is C11H11N5O3S. The van der Waals surface area contributed by atoms with Gasteiger partial charge >= 0.3 is 5.97 Å². The molecule has 0 saturated carbocycles. The molecule has 0 fully saturated rings. The molecule has 104 valence electrons. The number of hydrogen-bond acceptors (Lipinski definition) is 7. The van der Waals surface area contributed by atoms with E-state index >= 15 is 0 Å². The number of nitrogen functional groups attached to an aromatic ring is 1. The Morgan fingerprint density at radius 1 is 1.40 bits per heavy atom. The van der Waals surface area contributed by atoms with E-state index in [1.54, 1.807) is 13.8 Å². The summed E-state index contributed by atoms with van der Waals surface area (Å²) < 4.78 is 0. The van der Waals surface area contributed by atoms with Crippen LogP contribution in [0.3, 0.4) is 0 Å². The summed E-state index contributed by atoms with van der Waals surface area (Å²) in [6.07, 6.45) is 0. The highest BCUT2D eigenvalue weighted by Crippen LogP contribution is 2.27. The molecule has 0 saturated heterocycles. The smallest absolute Gasteiger partial charge is 0.338 e. The van der Waals surface area contributed by atoms with Gasteiger partial charge in [0.2, 0.25) is 0 Å². The monoisotopic (exact) mass is 293 g/mol. The van der Waals surface area contributed by atoms with Crippen LogP contribution in [-0.2, 0) is 0 Å². The summed E-state index contributed by atoms with van der Waals surface area (Å²) in [6.45, 7) is 3.32. The maximum atomic E-state index is 11.3. The number of hydrogen-bond donors (Lipinski definition) is 3. The van der Waals surface area contributed by atoms with Crippen molar-refractivity contribution in [2.75, 3.05) is 5.73 Å². The van der Waals surface area contributed by atoms with E-state index in [1.165, 1.54) is 0 Å². The maximum Gasteiger partial charge on any atom is 0.338 e. The third-order valence-corrected chi connectivity index (χ3v) is 3.44. The second-order valence-electron chi connectivity index (χ2n) is 3.97. The second-order valence-corrected chi connectivity index (χ2v) is 4.95. The molecule has 0 spiro atoms. The fourth-order valence-corrected chi connectivity index (χ4v) is 2.41. The average Bonchev–Trinajstić information content (AvgIpc) is 2.32. The van der Waals surface area contributed by atoms with Crippen molar-refractivity contribution in [1.29, 1.82) is 0 Å². The van der Waals surface area contributed by atoms with Gasteiger partial charge in [-0.05, 0) is 31.2 Å². The van der Waals surface area contributed by atoms with Gasteiger partial charge in [0.25, 0.3) is 5.56 Å². The van der Waals surface area contributed by atoms with Crippen LogP contribution in [0.15, 0.2) is 21.0 Å². The molecule has 4 N–H and O–H groups in total. The molecule has 0 bridgehead atoms. The molecule has 0 aliphatic rings. The Bertz CT molecular complexity index is 743. The number of aromatic nitrogens is 4. The van der Waals surface area contributed by atoms with Crippen molar-refractivity contribution in [3.63, 3.8) is 0 Å². The minimum absolute atomic E-state index is 0.0348. The first-order chi connectivity index (χ1) is 9.38. The first-order valence-electron chi connectivity index (χ1n) is 5.50. The molecule has 2 rings (SSSR count). The van der Waals surface area contributed by atoms with Crippen LogP contribution < -0.4 is 11.3 Å². The molecule has 0 unspecified atom stereocenters. The molecule has 0 aliphatic heterocycles. The first kappa shape index (κ1) is 14.0. The Morgan fingerprint density at radius 2 is 2.10 bits per heavy atom. The molecule has 0 radical (unpaired) electrons. The SMILES string of the molecule is Cc1nnc(Sc2nc(N)cc(=O)[nH]2)c(C(=O)O)c1C. The summed E-state index contributed by atoms with van der Waals surface area (Å²) in [4.78, 5) is 29.0. The number of nitrogens with one attached hydrogen (secondary N) is 1. The summed E-state index contributed by atoms with van der Waals surface area (Å²) in [5, 5.41) is 17.3. The van der Waals surface area contributed by atoms with E-state index in [2.05, 4.69) is 20.2 Å². The van der Waals surface area contributed by atoms with Crippen LogP contribution in [0.4, 0.5) is 5.82 Å². The molecule has 2 aromatic heterocycles. The van der Waals surface area contributed by atoms with Gasteiger partial charge in [0.05, 0.1) is 11.3 Å². The quantitative estimate of drug-likeness (QED) is 0.700. The molecule has 20 heavy (non-hydrogen) atoms. The first-order valence-corrected chi connectivity index (χ1v) is 6.32. The zero-order chi connectivity index (χ0) is 14.9. The summed E-state index contributed by atoms with van der Waals surface area (Å²) in [7, 11) is 0. The topological polar surface area (TPSA) is 135 Å². The van der Waals surface area contributed by atoms with Crippen LogP contribution in [0.25, 0.3) is 0 Å². The number of anilines is 1. The van der Waals surface area contributed by atoms with Crippen molar-refractivity contribution in [1.82, 2.24) is 20.2 Å². The van der Waals surface area contributed by atoms with Crippen molar-refractivity contribution in [2.45, 2.75) is 24.0 Å². The normalized spacial score (nSPS) is 10.5. The van der Waals surface area contributed by atoms with E-state index in [9.17, 15) is 14.7 Å². The van der Waals surface area contributed by atoms with Crippen molar-refractivity contribution in [3.8, 4) is 0 Å². The molecule has 9 heteroatoms. The van der Waals surface area contributed by atoms with E-state index in [-0.39, 0.29) is 21.6 Å². The van der Waals surface area contributed by atoms with Gasteiger partial charge in [-0.3, -0.25) is 4.79 Å². The van der Waals surface area contributed by atoms with Gasteiger partial charge in [-0.15, -0.1) is 5.10 Å². The van der Waals surface area contributed by atoms with Gasteiger partial charge in [-0.2, -0.15) is 5.10 Å². The Hall–Kier alpha value is -2.42. The highest BCUT2D eigenvalue weighted by atomic mass is 32.2. The Labute approximate surface area is 117 Å². The van der Waals surface area contributed by atoms with Crippen LogP contribution in [0.1, 0.15) is 21.6 Å². The molecule has 0 aromatic carbocycles. The van der Waals surface area contributed by atoms with Crippen molar-refractivity contribution in [2.24, 2.45) is 0 Å². The van der Waals surface area contributed by atoms with Crippen LogP contribution in [0.2, 0.25) is 0 Å². The lowest BCUT2D eigenvalue weighted by Gasteiger charge is -2.08. The maximum absolute atomic E-state index is 11.3. The molecule has 0 atom stereocenters. The van der Waals surface area contributed by atoms with Gasteiger partial charge < -0.3 is 15.8 Å². The summed E-state index contributed by atoms with van der Waals surface area (Å²) >= 11 is 0.893. The lowest BCUT2D eigenvalue weighted by molar-refractivity contribution is 0.0690. The van der Waals surface area contributed by atoms with Crippen molar-refractivity contribution in [3.05, 3.63) is 33.2 Å². The third kappa shape index (κ3) is 2.77. The third-order valence-electron chi connectivity index (χ3n) is 2.57. The minimum atomic E-state index is -1.12. The van der Waals surface area contributed by atoms with E-state index in [4.69, 9.17) is 5.73 Å². The highest BCUT2D eigenvalue weighted by molar-refractivity contribution is 7.99. The van der Waals surface area contributed by atoms with Crippen LogP contribution in [0.5, 0.6) is 0 Å². The van der Waals surface area contributed by atoms with Gasteiger partial charge in [0, 0.05) is 6.07 Å².